The number of rotatable bonds is 9. The Kier molecular flexibility index (Phi) is 12.7. The number of nitrogens with zero attached hydrogens (tertiary/aromatic N) is 4. The standard InChI is InChI=1S/C62H64N4O.Pt/c1-58(2,3)44-27-22-28-47(33-44)64-40-55(62(12,13)43-25-18-15-19-26-43)65(41-64)48-34-46(61(10,11)42-23-16-14-17-24-42)35-49(37-48)67-50-38-52(60(7,8)9)57-51-29-20-21-30-53(51)66(54(57)39-50)56-36-45(31-32-63-56)59(4,5)6;/h14-36,38,40H,1-13H3;/q-2;. The summed E-state index contributed by atoms with van der Waals surface area (Å²) in [6, 6.07) is 57.4. The minimum absolute atomic E-state index is 0. The van der Waals surface area contributed by atoms with Gasteiger partial charge in [-0.1, -0.05) is 192 Å². The monoisotopic (exact) mass is 1080 g/mol. The maximum Gasteiger partial charge on any atom is 0.267 e. The van der Waals surface area contributed by atoms with Crippen LogP contribution in [0.1, 0.15) is 129 Å². The van der Waals surface area contributed by atoms with Crippen LogP contribution in [0.4, 0.5) is 0 Å². The van der Waals surface area contributed by atoms with Crippen LogP contribution in [-0.4, -0.2) is 14.1 Å². The molecule has 350 valence electrons. The molecule has 6 aromatic carbocycles. The number of fused-ring (bicyclic) bond motifs is 3. The zero-order chi connectivity index (χ0) is 47.7. The molecule has 0 saturated heterocycles. The molecule has 0 spiro atoms. The number of para-hydroxylation sites is 1. The van der Waals surface area contributed by atoms with Crippen LogP contribution in [0.2, 0.25) is 0 Å². The average Bonchev–Trinajstić information content (AvgIpc) is 3.90. The van der Waals surface area contributed by atoms with Crippen molar-refractivity contribution < 1.29 is 30.4 Å². The van der Waals surface area contributed by atoms with E-state index in [0.717, 1.165) is 50.3 Å². The molecule has 68 heavy (non-hydrogen) atoms. The van der Waals surface area contributed by atoms with Crippen molar-refractivity contribution in [1.29, 1.82) is 0 Å². The van der Waals surface area contributed by atoms with Crippen LogP contribution in [0.15, 0.2) is 152 Å². The van der Waals surface area contributed by atoms with Crippen molar-refractivity contribution in [3.63, 3.8) is 0 Å². The second-order valence-corrected chi connectivity index (χ2v) is 22.3. The fourth-order valence-electron chi connectivity index (χ4n) is 9.34. The second kappa shape index (κ2) is 17.8. The zero-order valence-corrected chi connectivity index (χ0v) is 44.2. The second-order valence-electron chi connectivity index (χ2n) is 22.3. The van der Waals surface area contributed by atoms with Gasteiger partial charge in [0.15, 0.2) is 0 Å². The Morgan fingerprint density at radius 3 is 1.76 bits per heavy atom. The Bertz CT molecular complexity index is 3260. The number of ether oxygens (including phenoxy) is 1. The van der Waals surface area contributed by atoms with E-state index in [9.17, 15) is 0 Å². The number of benzene rings is 6. The van der Waals surface area contributed by atoms with Crippen LogP contribution in [0, 0.1) is 18.5 Å². The molecule has 0 saturated carbocycles. The maximum absolute atomic E-state index is 7.20. The van der Waals surface area contributed by atoms with Gasteiger partial charge in [-0.05, 0) is 85.3 Å². The van der Waals surface area contributed by atoms with Gasteiger partial charge in [-0.2, -0.15) is 6.07 Å². The predicted molar refractivity (Wildman–Crippen MR) is 276 cm³/mol. The van der Waals surface area contributed by atoms with E-state index in [0.29, 0.717) is 11.5 Å². The molecule has 0 fully saturated rings. The molecule has 9 rings (SSSR count). The molecule has 0 aliphatic heterocycles. The summed E-state index contributed by atoms with van der Waals surface area (Å²) in [5.41, 5.74) is 10.9. The maximum atomic E-state index is 7.20. The molecule has 0 unspecified atom stereocenters. The summed E-state index contributed by atoms with van der Waals surface area (Å²) in [6.45, 7) is 29.5. The molecule has 5 nitrogen and oxygen atoms in total. The zero-order valence-electron chi connectivity index (χ0n) is 41.9. The fraction of sp³-hybridized carbons (Fsp3) is 0.290. The minimum Gasteiger partial charge on any atom is -0.510 e. The Morgan fingerprint density at radius 2 is 1.12 bits per heavy atom. The van der Waals surface area contributed by atoms with E-state index in [1.807, 2.05) is 6.20 Å². The van der Waals surface area contributed by atoms with Crippen molar-refractivity contribution in [3.05, 3.63) is 209 Å². The van der Waals surface area contributed by atoms with E-state index in [1.54, 1.807) is 0 Å². The SMILES string of the molecule is CC(C)(C)c1cccc(-[n+]2[c-]n(-c3[c-]c(Oc4[c-]c5c(c(C(C)(C)C)c4)c4ccccc4n5-c4cc(C(C)(C)C)ccn4)cc(C(C)(C)c4ccccc4)c3)c(C(C)(C)c3ccccc3)c2)c1.[Pt]. The molecule has 0 aliphatic carbocycles. The molecule has 0 atom stereocenters. The quantitative estimate of drug-likeness (QED) is 0.107. The number of aromatic nitrogens is 4. The van der Waals surface area contributed by atoms with Gasteiger partial charge in [0.2, 0.25) is 0 Å². The van der Waals surface area contributed by atoms with E-state index in [1.165, 1.54) is 27.8 Å². The fourth-order valence-corrected chi connectivity index (χ4v) is 9.34. The summed E-state index contributed by atoms with van der Waals surface area (Å²) in [7, 11) is 0. The van der Waals surface area contributed by atoms with E-state index in [-0.39, 0.29) is 37.3 Å². The van der Waals surface area contributed by atoms with Crippen LogP contribution < -0.4 is 9.30 Å². The average molecular weight is 1080 g/mol. The van der Waals surface area contributed by atoms with Crippen LogP contribution >= 0.6 is 0 Å². The molecule has 0 amide bonds. The van der Waals surface area contributed by atoms with Gasteiger partial charge in [0.25, 0.3) is 6.33 Å². The van der Waals surface area contributed by atoms with Crippen LogP contribution in [0.3, 0.4) is 0 Å². The van der Waals surface area contributed by atoms with Crippen molar-refractivity contribution in [2.45, 2.75) is 117 Å². The van der Waals surface area contributed by atoms with Crippen LogP contribution in [-0.2, 0) is 48.1 Å². The molecular formula is C62H64N4OPt-2. The van der Waals surface area contributed by atoms with E-state index < -0.39 is 10.8 Å². The molecule has 3 heterocycles. The third kappa shape index (κ3) is 9.15. The molecule has 0 N–H and O–H groups in total. The Hall–Kier alpha value is -6.03. The summed E-state index contributed by atoms with van der Waals surface area (Å²) in [5, 5.41) is 2.31. The van der Waals surface area contributed by atoms with Crippen molar-refractivity contribution in [1.82, 2.24) is 14.1 Å². The third-order valence-electron chi connectivity index (χ3n) is 13.6. The first kappa shape index (κ1) is 48.4. The Balaban J connectivity index is 0.00000625. The van der Waals surface area contributed by atoms with Crippen molar-refractivity contribution >= 4 is 21.8 Å². The summed E-state index contributed by atoms with van der Waals surface area (Å²) >= 11 is 0. The number of hydrogen-bond donors (Lipinski definition) is 0. The smallest absolute Gasteiger partial charge is 0.267 e. The third-order valence-corrected chi connectivity index (χ3v) is 13.6. The largest absolute Gasteiger partial charge is 0.510 e. The van der Waals surface area contributed by atoms with Crippen LogP contribution in [0.5, 0.6) is 11.5 Å². The van der Waals surface area contributed by atoms with Gasteiger partial charge in [0.1, 0.15) is 5.82 Å². The summed E-state index contributed by atoms with van der Waals surface area (Å²) in [4.78, 5) is 4.99. The van der Waals surface area contributed by atoms with Gasteiger partial charge in [-0.25, -0.2) is 4.98 Å². The topological polar surface area (TPSA) is 35.9 Å². The predicted octanol–water partition coefficient (Wildman–Crippen LogP) is 15.0. The van der Waals surface area contributed by atoms with E-state index in [2.05, 4.69) is 268 Å². The molecule has 0 bridgehead atoms. The molecule has 9 aromatic rings. The summed E-state index contributed by atoms with van der Waals surface area (Å²) < 4.78 is 13.8. The molecule has 6 heteroatoms. The molecule has 3 aromatic heterocycles. The van der Waals surface area contributed by atoms with Gasteiger partial charge in [-0.15, -0.1) is 35.4 Å². The van der Waals surface area contributed by atoms with Gasteiger partial charge >= 0.3 is 0 Å². The van der Waals surface area contributed by atoms with Crippen molar-refractivity contribution in [2.24, 2.45) is 0 Å². The number of hydrogen-bond acceptors (Lipinski definition) is 2. The van der Waals surface area contributed by atoms with Gasteiger partial charge in [0, 0.05) is 55.9 Å². The van der Waals surface area contributed by atoms with Crippen molar-refractivity contribution in [3.8, 4) is 28.7 Å². The number of imidazole rings is 1. The first-order valence-corrected chi connectivity index (χ1v) is 23.6. The summed E-state index contributed by atoms with van der Waals surface area (Å²) in [5.74, 6) is 2.06. The van der Waals surface area contributed by atoms with Gasteiger partial charge in [0.05, 0.1) is 11.4 Å². The van der Waals surface area contributed by atoms with E-state index >= 15 is 0 Å². The molecular weight excluding hydrogens is 1010 g/mol. The van der Waals surface area contributed by atoms with Gasteiger partial charge < -0.3 is 13.9 Å². The Labute approximate surface area is 419 Å². The Morgan fingerprint density at radius 1 is 0.529 bits per heavy atom. The first-order chi connectivity index (χ1) is 31.6. The van der Waals surface area contributed by atoms with Crippen LogP contribution in [0.25, 0.3) is 39.0 Å². The summed E-state index contributed by atoms with van der Waals surface area (Å²) in [6.07, 6.45) is 7.97. The minimum atomic E-state index is -0.420. The normalized spacial score (nSPS) is 12.7. The molecule has 0 aliphatic rings. The molecule has 0 radical (unpaired) electrons. The first-order valence-electron chi connectivity index (χ1n) is 23.6. The number of pyridine rings is 1. The van der Waals surface area contributed by atoms with E-state index in [4.69, 9.17) is 9.72 Å². The van der Waals surface area contributed by atoms with Crippen molar-refractivity contribution in [2.75, 3.05) is 0 Å². The van der Waals surface area contributed by atoms with Gasteiger partial charge in [-0.3, -0.25) is 4.57 Å².